The summed E-state index contributed by atoms with van der Waals surface area (Å²) in [5.41, 5.74) is 10.5. The summed E-state index contributed by atoms with van der Waals surface area (Å²) in [7, 11) is 1.63. The van der Waals surface area contributed by atoms with Crippen LogP contribution in [-0.4, -0.2) is 37.0 Å². The molecule has 0 aliphatic heterocycles. The zero-order chi connectivity index (χ0) is 10.3. The number of nitrogens with one attached hydrogen (secondary N) is 2. The number of carboxylic acids is 1. The van der Waals surface area contributed by atoms with Crippen LogP contribution in [0.25, 0.3) is 0 Å². The molecule has 0 amide bonds. The van der Waals surface area contributed by atoms with Crippen molar-refractivity contribution < 1.29 is 9.90 Å². The van der Waals surface area contributed by atoms with Crippen LogP contribution >= 0.6 is 0 Å². The lowest BCUT2D eigenvalue weighted by molar-refractivity contribution is -0.139. The van der Waals surface area contributed by atoms with E-state index in [-0.39, 0.29) is 0 Å². The summed E-state index contributed by atoms with van der Waals surface area (Å²) in [6.07, 6.45) is 0.756. The number of likely N-dealkylation sites (N-methyl/N-ethyl adjacent to an activating group) is 1. The lowest BCUT2D eigenvalue weighted by atomic mass is 10.1. The van der Waals surface area contributed by atoms with Crippen LogP contribution in [0, 0.1) is 0 Å². The molecule has 1 atom stereocenters. The van der Waals surface area contributed by atoms with Gasteiger partial charge >= 0.3 is 5.97 Å². The van der Waals surface area contributed by atoms with Gasteiger partial charge in [0.15, 0.2) is 0 Å². The molecule has 6 nitrogen and oxygen atoms in total. The Hall–Kier alpha value is -0.690. The largest absolute Gasteiger partial charge is 0.480 e. The van der Waals surface area contributed by atoms with Gasteiger partial charge in [-0.1, -0.05) is 0 Å². The third kappa shape index (κ3) is 6.47. The highest BCUT2D eigenvalue weighted by atomic mass is 16.4. The van der Waals surface area contributed by atoms with Crippen LogP contribution in [0.1, 0.15) is 12.8 Å². The average molecular weight is 190 g/mol. The van der Waals surface area contributed by atoms with E-state index in [1.54, 1.807) is 7.05 Å². The molecule has 0 fully saturated rings. The van der Waals surface area contributed by atoms with Gasteiger partial charge in [-0.05, 0) is 26.4 Å². The molecule has 0 aliphatic rings. The van der Waals surface area contributed by atoms with Gasteiger partial charge in [0.2, 0.25) is 0 Å². The summed E-state index contributed by atoms with van der Waals surface area (Å²) < 4.78 is 0. The Morgan fingerprint density at radius 1 is 1.54 bits per heavy atom. The first-order chi connectivity index (χ1) is 6.07. The van der Waals surface area contributed by atoms with Gasteiger partial charge in [0.05, 0.1) is 0 Å². The summed E-state index contributed by atoms with van der Waals surface area (Å²) >= 11 is 0. The molecule has 0 saturated carbocycles. The quantitative estimate of drug-likeness (QED) is 0.240. The van der Waals surface area contributed by atoms with Gasteiger partial charge in [-0.25, -0.2) is 0 Å². The molecular formula is C7H18N4O2. The standard InChI is InChI=1S/C7H18N4O2/c1-10-5(6(12)13)3-2-4-11-7(8)9/h5,7,10-11H,2-4,8-9H2,1H3,(H,12,13)/t5-/m0/s1. The van der Waals surface area contributed by atoms with Gasteiger partial charge in [0.1, 0.15) is 12.3 Å². The molecule has 0 unspecified atom stereocenters. The topological polar surface area (TPSA) is 113 Å². The van der Waals surface area contributed by atoms with Crippen molar-refractivity contribution >= 4 is 5.97 Å². The van der Waals surface area contributed by atoms with Crippen LogP contribution in [0.4, 0.5) is 0 Å². The SMILES string of the molecule is CN[C@@H](CCCNC(N)N)C(=O)O. The lowest BCUT2D eigenvalue weighted by Gasteiger charge is -2.12. The fourth-order valence-corrected chi connectivity index (χ4v) is 0.966. The molecule has 7 N–H and O–H groups in total. The second-order valence-corrected chi connectivity index (χ2v) is 2.80. The predicted molar refractivity (Wildman–Crippen MR) is 49.9 cm³/mol. The minimum atomic E-state index is -0.834. The molecular weight excluding hydrogens is 172 g/mol. The summed E-state index contributed by atoms with van der Waals surface area (Å²) in [5, 5.41) is 14.1. The van der Waals surface area contributed by atoms with Crippen LogP contribution in [-0.2, 0) is 4.79 Å². The Labute approximate surface area is 77.7 Å². The Morgan fingerprint density at radius 2 is 2.15 bits per heavy atom. The molecule has 0 saturated heterocycles. The number of carboxylic acid groups (broad SMARTS) is 1. The zero-order valence-corrected chi connectivity index (χ0v) is 7.79. The summed E-state index contributed by atoms with van der Waals surface area (Å²) in [4.78, 5) is 10.5. The number of nitrogens with two attached hydrogens (primary N) is 2. The van der Waals surface area contributed by atoms with Crippen molar-refractivity contribution in [2.75, 3.05) is 13.6 Å². The van der Waals surface area contributed by atoms with E-state index >= 15 is 0 Å². The molecule has 0 aromatic rings. The Bertz CT molecular complexity index is 151. The van der Waals surface area contributed by atoms with Crippen LogP contribution in [0.3, 0.4) is 0 Å². The smallest absolute Gasteiger partial charge is 0.320 e. The molecule has 0 bridgehead atoms. The molecule has 6 heteroatoms. The van der Waals surface area contributed by atoms with E-state index in [1.165, 1.54) is 0 Å². The summed E-state index contributed by atoms with van der Waals surface area (Å²) in [6, 6.07) is -0.490. The molecule has 78 valence electrons. The second kappa shape index (κ2) is 6.79. The Balaban J connectivity index is 3.44. The van der Waals surface area contributed by atoms with Crippen molar-refractivity contribution in [1.82, 2.24) is 10.6 Å². The molecule has 0 aromatic heterocycles. The lowest BCUT2D eigenvalue weighted by Crippen LogP contribution is -2.45. The maximum absolute atomic E-state index is 10.5. The second-order valence-electron chi connectivity index (χ2n) is 2.80. The third-order valence-corrected chi connectivity index (χ3v) is 1.70. The fourth-order valence-electron chi connectivity index (χ4n) is 0.966. The van der Waals surface area contributed by atoms with Crippen molar-refractivity contribution in [3.63, 3.8) is 0 Å². The average Bonchev–Trinajstić information content (AvgIpc) is 2.03. The molecule has 0 aliphatic carbocycles. The van der Waals surface area contributed by atoms with E-state index in [0.717, 1.165) is 6.42 Å². The van der Waals surface area contributed by atoms with Gasteiger partial charge in [0.25, 0.3) is 0 Å². The van der Waals surface area contributed by atoms with E-state index < -0.39 is 18.3 Å². The first-order valence-electron chi connectivity index (χ1n) is 4.22. The van der Waals surface area contributed by atoms with Crippen LogP contribution in [0.5, 0.6) is 0 Å². The molecule has 0 heterocycles. The maximum Gasteiger partial charge on any atom is 0.320 e. The molecule has 0 rings (SSSR count). The number of carbonyl (C=O) groups is 1. The Kier molecular flexibility index (Phi) is 6.43. The van der Waals surface area contributed by atoms with Gasteiger partial charge in [0, 0.05) is 0 Å². The highest BCUT2D eigenvalue weighted by molar-refractivity contribution is 5.73. The van der Waals surface area contributed by atoms with Crippen LogP contribution in [0.2, 0.25) is 0 Å². The first-order valence-corrected chi connectivity index (χ1v) is 4.22. The van der Waals surface area contributed by atoms with Crippen molar-refractivity contribution in [2.24, 2.45) is 11.5 Å². The molecule has 0 radical (unpaired) electrons. The highest BCUT2D eigenvalue weighted by Gasteiger charge is 2.13. The van der Waals surface area contributed by atoms with Crippen molar-refractivity contribution in [3.8, 4) is 0 Å². The number of hydrogen-bond acceptors (Lipinski definition) is 5. The minimum absolute atomic E-state index is 0.490. The van der Waals surface area contributed by atoms with Gasteiger partial charge in [-0.3, -0.25) is 10.1 Å². The zero-order valence-electron chi connectivity index (χ0n) is 7.79. The highest BCUT2D eigenvalue weighted by Crippen LogP contribution is 1.95. The van der Waals surface area contributed by atoms with E-state index in [4.69, 9.17) is 16.6 Å². The van der Waals surface area contributed by atoms with E-state index in [2.05, 4.69) is 10.6 Å². The van der Waals surface area contributed by atoms with Gasteiger partial charge < -0.3 is 21.9 Å². The minimum Gasteiger partial charge on any atom is -0.480 e. The van der Waals surface area contributed by atoms with Crippen molar-refractivity contribution in [3.05, 3.63) is 0 Å². The molecule has 13 heavy (non-hydrogen) atoms. The van der Waals surface area contributed by atoms with E-state index in [9.17, 15) is 4.79 Å². The summed E-state index contributed by atoms with van der Waals surface area (Å²) in [5.74, 6) is -0.834. The van der Waals surface area contributed by atoms with Crippen LogP contribution < -0.4 is 22.1 Å². The monoisotopic (exact) mass is 190 g/mol. The Morgan fingerprint density at radius 3 is 2.54 bits per heavy atom. The van der Waals surface area contributed by atoms with Gasteiger partial charge in [-0.15, -0.1) is 0 Å². The number of hydrogen-bond donors (Lipinski definition) is 5. The van der Waals surface area contributed by atoms with E-state index in [1.807, 2.05) is 0 Å². The number of aliphatic carboxylic acids is 1. The molecule has 0 spiro atoms. The van der Waals surface area contributed by atoms with Crippen molar-refractivity contribution in [2.45, 2.75) is 25.2 Å². The fraction of sp³-hybridized carbons (Fsp3) is 0.857. The molecule has 0 aromatic carbocycles. The number of rotatable bonds is 7. The normalized spacial score (nSPS) is 13.2. The maximum atomic E-state index is 10.5. The van der Waals surface area contributed by atoms with E-state index in [0.29, 0.717) is 13.0 Å². The predicted octanol–water partition coefficient (Wildman–Crippen LogP) is -1.77. The summed E-state index contributed by atoms with van der Waals surface area (Å²) in [6.45, 7) is 0.628. The van der Waals surface area contributed by atoms with Crippen molar-refractivity contribution in [1.29, 1.82) is 0 Å². The first kappa shape index (κ1) is 12.3. The third-order valence-electron chi connectivity index (χ3n) is 1.70. The van der Waals surface area contributed by atoms with Crippen LogP contribution in [0.15, 0.2) is 0 Å². The van der Waals surface area contributed by atoms with Gasteiger partial charge in [-0.2, -0.15) is 0 Å².